The molecule has 0 heterocycles. The van der Waals surface area contributed by atoms with E-state index in [1.165, 1.54) is 89.9 Å². The summed E-state index contributed by atoms with van der Waals surface area (Å²) in [4.78, 5) is 0. The first-order chi connectivity index (χ1) is 17.3. The molecule has 0 aliphatic carbocycles. The normalized spacial score (nSPS) is 13.4. The molecule has 2 atom stereocenters. The minimum Gasteiger partial charge on any atom is -0.379 e. The molecule has 0 aromatic rings. The fourth-order valence-electron chi connectivity index (χ4n) is 4.06. The smallest absolute Gasteiger partial charge is 0.157 e. The van der Waals surface area contributed by atoms with Crippen LogP contribution in [0.4, 0.5) is 0 Å². The zero-order valence-electron chi connectivity index (χ0n) is 24.2. The van der Waals surface area contributed by atoms with Crippen molar-refractivity contribution in [3.63, 3.8) is 0 Å². The first-order valence-electron chi connectivity index (χ1n) is 15.3. The standard InChI is InChI=1S/C30H62O5/c1-5-9-11-13-15-17-19-21-23-31-25-26-33-30(8-4)35-28-27-34-29(7-3)32-24-22-20-18-16-14-12-10-6-2/h29-30H,5-28H2,1-4H3. The van der Waals surface area contributed by atoms with Crippen LogP contribution in [0.1, 0.15) is 143 Å². The van der Waals surface area contributed by atoms with Gasteiger partial charge in [0.15, 0.2) is 12.6 Å². The van der Waals surface area contributed by atoms with Crippen molar-refractivity contribution in [3.05, 3.63) is 0 Å². The second-order valence-corrected chi connectivity index (χ2v) is 9.72. The molecule has 0 aliphatic rings. The van der Waals surface area contributed by atoms with Crippen LogP contribution in [-0.2, 0) is 23.7 Å². The monoisotopic (exact) mass is 502 g/mol. The molecule has 0 saturated carbocycles. The molecule has 0 spiro atoms. The molecule has 2 unspecified atom stereocenters. The average molecular weight is 503 g/mol. The Bertz CT molecular complexity index is 380. The molecular formula is C30H62O5. The summed E-state index contributed by atoms with van der Waals surface area (Å²) in [5.41, 5.74) is 0. The Morgan fingerprint density at radius 1 is 0.343 bits per heavy atom. The summed E-state index contributed by atoms with van der Waals surface area (Å²) in [6.45, 7) is 12.6. The molecular weight excluding hydrogens is 440 g/mol. The summed E-state index contributed by atoms with van der Waals surface area (Å²) in [5.74, 6) is 0. The van der Waals surface area contributed by atoms with Crippen molar-refractivity contribution in [1.29, 1.82) is 0 Å². The highest BCUT2D eigenvalue weighted by Gasteiger charge is 2.09. The summed E-state index contributed by atoms with van der Waals surface area (Å²) in [5, 5.41) is 0. The van der Waals surface area contributed by atoms with E-state index in [-0.39, 0.29) is 12.6 Å². The highest BCUT2D eigenvalue weighted by molar-refractivity contribution is 4.49. The van der Waals surface area contributed by atoms with E-state index in [4.69, 9.17) is 23.7 Å². The summed E-state index contributed by atoms with van der Waals surface area (Å²) < 4.78 is 29.1. The summed E-state index contributed by atoms with van der Waals surface area (Å²) in [6, 6.07) is 0. The number of hydrogen-bond acceptors (Lipinski definition) is 5. The summed E-state index contributed by atoms with van der Waals surface area (Å²) in [6.07, 6.45) is 22.5. The zero-order chi connectivity index (χ0) is 25.7. The zero-order valence-corrected chi connectivity index (χ0v) is 24.2. The fourth-order valence-corrected chi connectivity index (χ4v) is 4.06. The molecule has 0 aromatic heterocycles. The van der Waals surface area contributed by atoms with Crippen LogP contribution in [-0.4, -0.2) is 52.2 Å². The lowest BCUT2D eigenvalue weighted by atomic mass is 10.1. The maximum Gasteiger partial charge on any atom is 0.157 e. The third kappa shape index (κ3) is 26.7. The van der Waals surface area contributed by atoms with Crippen LogP contribution < -0.4 is 0 Å². The Kier molecular flexibility index (Phi) is 29.9. The first kappa shape index (κ1) is 34.8. The van der Waals surface area contributed by atoms with Gasteiger partial charge in [-0.15, -0.1) is 0 Å². The van der Waals surface area contributed by atoms with E-state index >= 15 is 0 Å². The molecule has 0 bridgehead atoms. The average Bonchev–Trinajstić information content (AvgIpc) is 2.88. The van der Waals surface area contributed by atoms with Gasteiger partial charge in [-0.1, -0.05) is 118 Å². The number of unbranched alkanes of at least 4 members (excludes halogenated alkanes) is 14. The van der Waals surface area contributed by atoms with Crippen LogP contribution in [0.25, 0.3) is 0 Å². The van der Waals surface area contributed by atoms with E-state index < -0.39 is 0 Å². The molecule has 0 amide bonds. The molecule has 0 N–H and O–H groups in total. The molecule has 0 radical (unpaired) electrons. The maximum atomic E-state index is 5.89. The predicted octanol–water partition coefficient (Wildman–Crippen LogP) is 8.82. The third-order valence-corrected chi connectivity index (χ3v) is 6.33. The highest BCUT2D eigenvalue weighted by Crippen LogP contribution is 2.10. The lowest BCUT2D eigenvalue weighted by Crippen LogP contribution is -2.24. The summed E-state index contributed by atoms with van der Waals surface area (Å²) in [7, 11) is 0. The maximum absolute atomic E-state index is 5.89. The van der Waals surface area contributed by atoms with Gasteiger partial charge in [0.1, 0.15) is 0 Å². The van der Waals surface area contributed by atoms with Crippen molar-refractivity contribution < 1.29 is 23.7 Å². The molecule has 5 nitrogen and oxygen atoms in total. The molecule has 0 fully saturated rings. The van der Waals surface area contributed by atoms with Gasteiger partial charge in [0.05, 0.1) is 26.4 Å². The topological polar surface area (TPSA) is 46.2 Å². The van der Waals surface area contributed by atoms with Gasteiger partial charge in [0.2, 0.25) is 0 Å². The Balaban J connectivity index is 3.51. The van der Waals surface area contributed by atoms with Crippen molar-refractivity contribution in [3.8, 4) is 0 Å². The van der Waals surface area contributed by atoms with Crippen LogP contribution in [0, 0.1) is 0 Å². The Hall–Kier alpha value is -0.200. The van der Waals surface area contributed by atoms with E-state index in [1.807, 2.05) is 0 Å². The molecule has 5 heteroatoms. The van der Waals surface area contributed by atoms with Gasteiger partial charge in [-0.25, -0.2) is 0 Å². The Morgan fingerprint density at radius 2 is 0.686 bits per heavy atom. The van der Waals surface area contributed by atoms with Crippen LogP contribution in [0.15, 0.2) is 0 Å². The van der Waals surface area contributed by atoms with Crippen LogP contribution >= 0.6 is 0 Å². The highest BCUT2D eigenvalue weighted by atomic mass is 16.7. The number of hydrogen-bond donors (Lipinski definition) is 0. The van der Waals surface area contributed by atoms with Crippen molar-refractivity contribution in [1.82, 2.24) is 0 Å². The lowest BCUT2D eigenvalue weighted by Gasteiger charge is -2.20. The lowest BCUT2D eigenvalue weighted by molar-refractivity contribution is -0.185. The van der Waals surface area contributed by atoms with Crippen molar-refractivity contribution >= 4 is 0 Å². The largest absolute Gasteiger partial charge is 0.379 e. The minimum absolute atomic E-state index is 0.131. The van der Waals surface area contributed by atoms with E-state index in [1.54, 1.807) is 0 Å². The van der Waals surface area contributed by atoms with Gasteiger partial charge in [-0.2, -0.15) is 0 Å². The first-order valence-corrected chi connectivity index (χ1v) is 15.3. The molecule has 0 saturated heterocycles. The second kappa shape index (κ2) is 30.0. The summed E-state index contributed by atoms with van der Waals surface area (Å²) >= 11 is 0. The van der Waals surface area contributed by atoms with E-state index in [0.717, 1.165) is 38.9 Å². The van der Waals surface area contributed by atoms with Gasteiger partial charge >= 0.3 is 0 Å². The SMILES string of the molecule is CCCCCCCCCCOCCOC(CC)OCCOC(CC)OCCCCCCCCCC. The van der Waals surface area contributed by atoms with Gasteiger partial charge in [0.25, 0.3) is 0 Å². The minimum atomic E-state index is -0.191. The van der Waals surface area contributed by atoms with Crippen LogP contribution in [0.2, 0.25) is 0 Å². The quantitative estimate of drug-likeness (QED) is 0.0725. The molecule has 0 aliphatic heterocycles. The molecule has 0 aromatic carbocycles. The van der Waals surface area contributed by atoms with Crippen LogP contribution in [0.5, 0.6) is 0 Å². The van der Waals surface area contributed by atoms with Crippen molar-refractivity contribution in [2.24, 2.45) is 0 Å². The van der Waals surface area contributed by atoms with Crippen LogP contribution in [0.3, 0.4) is 0 Å². The van der Waals surface area contributed by atoms with Gasteiger partial charge in [-0.05, 0) is 25.7 Å². The molecule has 212 valence electrons. The fraction of sp³-hybridized carbons (Fsp3) is 1.00. The van der Waals surface area contributed by atoms with Gasteiger partial charge < -0.3 is 23.7 Å². The Labute approximate surface area is 219 Å². The van der Waals surface area contributed by atoms with Crippen molar-refractivity contribution in [2.75, 3.05) is 39.6 Å². The van der Waals surface area contributed by atoms with E-state index in [0.29, 0.717) is 26.4 Å². The van der Waals surface area contributed by atoms with E-state index in [9.17, 15) is 0 Å². The van der Waals surface area contributed by atoms with Gasteiger partial charge in [-0.3, -0.25) is 0 Å². The third-order valence-electron chi connectivity index (χ3n) is 6.33. The number of ether oxygens (including phenoxy) is 5. The second-order valence-electron chi connectivity index (χ2n) is 9.72. The predicted molar refractivity (Wildman–Crippen MR) is 148 cm³/mol. The van der Waals surface area contributed by atoms with E-state index in [2.05, 4.69) is 27.7 Å². The molecule has 35 heavy (non-hydrogen) atoms. The number of rotatable bonds is 30. The Morgan fingerprint density at radius 3 is 1.11 bits per heavy atom. The van der Waals surface area contributed by atoms with Crippen molar-refractivity contribution in [2.45, 2.75) is 156 Å². The van der Waals surface area contributed by atoms with Gasteiger partial charge in [0, 0.05) is 13.2 Å². The molecule has 0 rings (SSSR count).